The number of carbonyl (C=O) groups is 1. The van der Waals surface area contributed by atoms with Crippen LogP contribution in [0.1, 0.15) is 23.3 Å². The van der Waals surface area contributed by atoms with Gasteiger partial charge in [0.1, 0.15) is 11.4 Å². The van der Waals surface area contributed by atoms with Crippen molar-refractivity contribution >= 4 is 5.78 Å². The number of ketones is 1. The number of rotatable bonds is 3. The van der Waals surface area contributed by atoms with Gasteiger partial charge in [0.15, 0.2) is 5.78 Å². The van der Waals surface area contributed by atoms with Gasteiger partial charge < -0.3 is 14.8 Å². The maximum atomic E-state index is 12.6. The quantitative estimate of drug-likeness (QED) is 0.825. The smallest absolute Gasteiger partial charge is 0.188 e. The number of ether oxygens (including phenoxy) is 2. The Balaban J connectivity index is 1.80. The Kier molecular flexibility index (Phi) is 3.48. The first kappa shape index (κ1) is 12.6. The lowest BCUT2D eigenvalue weighted by Crippen LogP contribution is -2.55. The van der Waals surface area contributed by atoms with Crippen molar-refractivity contribution in [2.45, 2.75) is 24.9 Å². The van der Waals surface area contributed by atoms with Gasteiger partial charge in [-0.3, -0.25) is 4.79 Å². The van der Waals surface area contributed by atoms with E-state index in [0.717, 1.165) is 12.8 Å². The minimum absolute atomic E-state index is 0.0175. The lowest BCUT2D eigenvalue weighted by molar-refractivity contribution is 0.00938. The highest BCUT2D eigenvalue weighted by molar-refractivity contribution is 5.98. The number of nitrogens with one attached hydrogen (secondary N) is 1. The molecule has 2 bridgehead atoms. The number of hydrogen-bond acceptors (Lipinski definition) is 5. The van der Waals surface area contributed by atoms with E-state index in [-0.39, 0.29) is 23.8 Å². The van der Waals surface area contributed by atoms with E-state index in [9.17, 15) is 4.79 Å². The Morgan fingerprint density at radius 3 is 2.84 bits per heavy atom. The molecule has 5 nitrogen and oxygen atoms in total. The van der Waals surface area contributed by atoms with E-state index >= 15 is 0 Å². The first-order valence-electron chi connectivity index (χ1n) is 6.65. The molecule has 3 rings (SSSR count). The monoisotopic (exact) mass is 262 g/mol. The van der Waals surface area contributed by atoms with Crippen LogP contribution >= 0.6 is 0 Å². The van der Waals surface area contributed by atoms with Crippen molar-refractivity contribution in [3.63, 3.8) is 0 Å². The second-order valence-electron chi connectivity index (χ2n) is 5.18. The van der Waals surface area contributed by atoms with Crippen LogP contribution in [0.15, 0.2) is 18.3 Å². The van der Waals surface area contributed by atoms with Gasteiger partial charge in [-0.05, 0) is 25.0 Å². The van der Waals surface area contributed by atoms with E-state index < -0.39 is 0 Å². The Bertz CT molecular complexity index is 466. The lowest BCUT2D eigenvalue weighted by Gasteiger charge is -2.39. The first-order chi connectivity index (χ1) is 9.28. The van der Waals surface area contributed by atoms with Gasteiger partial charge in [0.05, 0.1) is 20.3 Å². The summed E-state index contributed by atoms with van der Waals surface area (Å²) in [5.74, 6) is 0.673. The van der Waals surface area contributed by atoms with Crippen LogP contribution in [-0.4, -0.2) is 43.2 Å². The summed E-state index contributed by atoms with van der Waals surface area (Å²) in [7, 11) is 1.57. The summed E-state index contributed by atoms with van der Waals surface area (Å²) in [5.41, 5.74) is 0.455. The second kappa shape index (κ2) is 5.27. The summed E-state index contributed by atoms with van der Waals surface area (Å²) >= 11 is 0. The molecule has 102 valence electrons. The number of nitrogens with zero attached hydrogens (tertiary/aromatic N) is 1. The molecule has 2 fully saturated rings. The van der Waals surface area contributed by atoms with Crippen LogP contribution in [-0.2, 0) is 4.74 Å². The van der Waals surface area contributed by atoms with Crippen molar-refractivity contribution < 1.29 is 14.3 Å². The summed E-state index contributed by atoms with van der Waals surface area (Å²) in [6.07, 6.45) is 3.27. The van der Waals surface area contributed by atoms with Crippen molar-refractivity contribution in [2.24, 2.45) is 5.92 Å². The van der Waals surface area contributed by atoms with Crippen LogP contribution in [0.5, 0.6) is 5.75 Å². The zero-order valence-corrected chi connectivity index (χ0v) is 11.0. The van der Waals surface area contributed by atoms with Gasteiger partial charge in [0, 0.05) is 24.2 Å². The molecule has 2 atom stereocenters. The fourth-order valence-corrected chi connectivity index (χ4v) is 2.99. The number of methoxy groups -OCH3 is 1. The molecular formula is C14H18N2O3. The first-order valence-corrected chi connectivity index (χ1v) is 6.65. The van der Waals surface area contributed by atoms with Crippen molar-refractivity contribution in [3.8, 4) is 5.75 Å². The fourth-order valence-electron chi connectivity index (χ4n) is 2.99. The molecule has 0 aliphatic carbocycles. The maximum absolute atomic E-state index is 12.6. The summed E-state index contributed by atoms with van der Waals surface area (Å²) in [5, 5.41) is 3.49. The highest BCUT2D eigenvalue weighted by atomic mass is 16.5. The normalized spacial score (nSPS) is 29.8. The molecule has 0 radical (unpaired) electrons. The molecule has 3 heterocycles. The SMILES string of the molecule is COc1cccnc1C(=O)C1CC2COCC(C1)N2. The summed E-state index contributed by atoms with van der Waals surface area (Å²) in [6, 6.07) is 4.14. The fraction of sp³-hybridized carbons (Fsp3) is 0.571. The number of piperidine rings is 1. The number of carbonyl (C=O) groups excluding carboxylic acids is 1. The van der Waals surface area contributed by atoms with Crippen LogP contribution < -0.4 is 10.1 Å². The van der Waals surface area contributed by atoms with Crippen LogP contribution in [0.3, 0.4) is 0 Å². The Hall–Kier alpha value is -1.46. The van der Waals surface area contributed by atoms with E-state index in [1.165, 1.54) is 0 Å². The topological polar surface area (TPSA) is 60.5 Å². The zero-order valence-electron chi connectivity index (χ0n) is 11.0. The number of aromatic nitrogens is 1. The highest BCUT2D eigenvalue weighted by Crippen LogP contribution is 2.29. The van der Waals surface area contributed by atoms with Gasteiger partial charge in [-0.15, -0.1) is 0 Å². The number of hydrogen-bond donors (Lipinski definition) is 1. The average molecular weight is 262 g/mol. The van der Waals surface area contributed by atoms with E-state index in [0.29, 0.717) is 24.7 Å². The third-order valence-corrected chi connectivity index (χ3v) is 3.84. The molecule has 1 aromatic heterocycles. The second-order valence-corrected chi connectivity index (χ2v) is 5.18. The van der Waals surface area contributed by atoms with Crippen LogP contribution in [0.4, 0.5) is 0 Å². The molecule has 2 aliphatic rings. The molecule has 0 saturated carbocycles. The van der Waals surface area contributed by atoms with Gasteiger partial charge in [-0.2, -0.15) is 0 Å². The van der Waals surface area contributed by atoms with E-state index in [2.05, 4.69) is 10.3 Å². The Labute approximate surface area is 112 Å². The standard InChI is InChI=1S/C14H18N2O3/c1-18-12-3-2-4-15-13(12)14(17)9-5-10-7-19-8-11(6-9)16-10/h2-4,9-11,16H,5-8H2,1H3. The van der Waals surface area contributed by atoms with Gasteiger partial charge >= 0.3 is 0 Å². The molecule has 0 spiro atoms. The predicted octanol–water partition coefficient (Wildman–Crippen LogP) is 1.04. The molecule has 0 amide bonds. The molecule has 2 saturated heterocycles. The molecule has 1 N–H and O–H groups in total. The van der Waals surface area contributed by atoms with E-state index in [1.807, 2.05) is 0 Å². The summed E-state index contributed by atoms with van der Waals surface area (Å²) in [6.45, 7) is 1.39. The van der Waals surface area contributed by atoms with Crippen molar-refractivity contribution in [1.29, 1.82) is 0 Å². The number of Topliss-reactive ketones (excluding diaryl/α,β-unsaturated/α-hetero) is 1. The van der Waals surface area contributed by atoms with Crippen molar-refractivity contribution in [1.82, 2.24) is 10.3 Å². The zero-order chi connectivity index (χ0) is 13.2. The Morgan fingerprint density at radius 1 is 1.42 bits per heavy atom. The largest absolute Gasteiger partial charge is 0.494 e. The van der Waals surface area contributed by atoms with Gasteiger partial charge in [-0.25, -0.2) is 4.98 Å². The van der Waals surface area contributed by atoms with E-state index in [1.54, 1.807) is 25.4 Å². The lowest BCUT2D eigenvalue weighted by atomic mass is 9.83. The highest BCUT2D eigenvalue weighted by Gasteiger charge is 2.36. The third-order valence-electron chi connectivity index (χ3n) is 3.84. The third kappa shape index (κ3) is 2.48. The summed E-state index contributed by atoms with van der Waals surface area (Å²) < 4.78 is 10.7. The van der Waals surface area contributed by atoms with Crippen LogP contribution in [0, 0.1) is 5.92 Å². The van der Waals surface area contributed by atoms with Crippen LogP contribution in [0.2, 0.25) is 0 Å². The molecule has 5 heteroatoms. The average Bonchev–Trinajstić information content (AvgIpc) is 2.46. The molecule has 2 unspecified atom stereocenters. The molecule has 2 aliphatic heterocycles. The molecule has 0 aromatic carbocycles. The summed E-state index contributed by atoms with van der Waals surface area (Å²) in [4.78, 5) is 16.8. The minimum Gasteiger partial charge on any atom is -0.494 e. The molecule has 19 heavy (non-hydrogen) atoms. The van der Waals surface area contributed by atoms with Crippen molar-refractivity contribution in [2.75, 3.05) is 20.3 Å². The van der Waals surface area contributed by atoms with Gasteiger partial charge in [-0.1, -0.05) is 0 Å². The maximum Gasteiger partial charge on any atom is 0.188 e. The predicted molar refractivity (Wildman–Crippen MR) is 69.4 cm³/mol. The number of morpholine rings is 1. The van der Waals surface area contributed by atoms with Crippen molar-refractivity contribution in [3.05, 3.63) is 24.0 Å². The number of pyridine rings is 1. The van der Waals surface area contributed by atoms with Gasteiger partial charge in [0.2, 0.25) is 0 Å². The number of fused-ring (bicyclic) bond motifs is 2. The minimum atomic E-state index is 0.0175. The van der Waals surface area contributed by atoms with Crippen LogP contribution in [0.25, 0.3) is 0 Å². The Morgan fingerprint density at radius 2 is 2.16 bits per heavy atom. The molecule has 1 aromatic rings. The van der Waals surface area contributed by atoms with E-state index in [4.69, 9.17) is 9.47 Å². The van der Waals surface area contributed by atoms with Gasteiger partial charge in [0.25, 0.3) is 0 Å². The molecular weight excluding hydrogens is 244 g/mol.